The van der Waals surface area contributed by atoms with E-state index in [2.05, 4.69) is 5.32 Å². The lowest BCUT2D eigenvalue weighted by atomic mass is 10.1. The van der Waals surface area contributed by atoms with Crippen LogP contribution < -0.4 is 14.9 Å². The number of benzene rings is 2. The molecule has 2 aromatic carbocycles. The van der Waals surface area contributed by atoms with Crippen molar-refractivity contribution in [1.29, 1.82) is 0 Å². The number of aryl methyl sites for hydroxylation is 2. The third-order valence-corrected chi connectivity index (χ3v) is 5.90. The van der Waals surface area contributed by atoms with Crippen LogP contribution in [0.3, 0.4) is 0 Å². The first-order valence-corrected chi connectivity index (χ1v) is 10.9. The number of carbonyl (C=O) groups is 2. The molecule has 2 N–H and O–H groups in total. The van der Waals surface area contributed by atoms with Crippen LogP contribution in [0.15, 0.2) is 41.3 Å². The smallest absolute Gasteiger partial charge is 0.321 e. The molecule has 0 radical (unpaired) electrons. The SMILES string of the molecule is Cc1ccc(NC(=O)COC(=O)CNS(=O)(=O)c2ccc(N(C)C)c([N+](=O)[O-])c2)cc1C. The number of amides is 1. The first-order chi connectivity index (χ1) is 14.9. The number of sulfonamides is 1. The van der Waals surface area contributed by atoms with Crippen molar-refractivity contribution in [2.75, 3.05) is 37.5 Å². The molecule has 0 bridgehead atoms. The molecule has 2 rings (SSSR count). The normalized spacial score (nSPS) is 11.0. The van der Waals surface area contributed by atoms with Crippen LogP contribution in [-0.2, 0) is 24.3 Å². The summed E-state index contributed by atoms with van der Waals surface area (Å²) >= 11 is 0. The number of nitrogens with zero attached hydrogens (tertiary/aromatic N) is 2. The Hall–Kier alpha value is -3.51. The van der Waals surface area contributed by atoms with Crippen LogP contribution in [0.4, 0.5) is 17.1 Å². The van der Waals surface area contributed by atoms with Gasteiger partial charge in [0.25, 0.3) is 11.6 Å². The molecule has 0 fully saturated rings. The van der Waals surface area contributed by atoms with Crippen LogP contribution >= 0.6 is 0 Å². The average molecular weight is 465 g/mol. The van der Waals surface area contributed by atoms with E-state index in [1.807, 2.05) is 24.6 Å². The van der Waals surface area contributed by atoms with Gasteiger partial charge in [-0.05, 0) is 49.2 Å². The third kappa shape index (κ3) is 6.49. The highest BCUT2D eigenvalue weighted by atomic mass is 32.2. The number of nitro benzene ring substituents is 1. The summed E-state index contributed by atoms with van der Waals surface area (Å²) in [6.07, 6.45) is 0. The number of nitro groups is 1. The number of nitrogens with one attached hydrogen (secondary N) is 2. The summed E-state index contributed by atoms with van der Waals surface area (Å²) in [6, 6.07) is 8.69. The fourth-order valence-electron chi connectivity index (χ4n) is 2.65. The van der Waals surface area contributed by atoms with Crippen LogP contribution in [0.2, 0.25) is 0 Å². The van der Waals surface area contributed by atoms with Gasteiger partial charge in [-0.15, -0.1) is 0 Å². The summed E-state index contributed by atoms with van der Waals surface area (Å²) in [4.78, 5) is 35.4. The lowest BCUT2D eigenvalue weighted by Crippen LogP contribution is -2.32. The maximum atomic E-state index is 12.4. The fraction of sp³-hybridized carbons (Fsp3) is 0.300. The van der Waals surface area contributed by atoms with Crippen molar-refractivity contribution in [2.24, 2.45) is 0 Å². The van der Waals surface area contributed by atoms with Crippen molar-refractivity contribution >= 4 is 39.0 Å². The van der Waals surface area contributed by atoms with E-state index < -0.39 is 45.7 Å². The van der Waals surface area contributed by atoms with Gasteiger partial charge in [-0.2, -0.15) is 4.72 Å². The molecule has 0 heterocycles. The van der Waals surface area contributed by atoms with Gasteiger partial charge in [0.2, 0.25) is 10.0 Å². The molecule has 0 saturated heterocycles. The lowest BCUT2D eigenvalue weighted by molar-refractivity contribution is -0.384. The van der Waals surface area contributed by atoms with Crippen molar-refractivity contribution in [1.82, 2.24) is 4.72 Å². The van der Waals surface area contributed by atoms with Crippen LogP contribution in [-0.4, -0.2) is 52.5 Å². The molecule has 0 aliphatic carbocycles. The van der Waals surface area contributed by atoms with Gasteiger partial charge in [0.1, 0.15) is 12.2 Å². The zero-order valence-corrected chi connectivity index (χ0v) is 18.9. The molecular weight excluding hydrogens is 440 g/mol. The number of carbonyl (C=O) groups excluding carboxylic acids is 2. The van der Waals surface area contributed by atoms with Crippen molar-refractivity contribution in [3.05, 3.63) is 57.6 Å². The Kier molecular flexibility index (Phi) is 7.89. The first-order valence-electron chi connectivity index (χ1n) is 9.39. The summed E-state index contributed by atoms with van der Waals surface area (Å²) in [6.45, 7) is 2.47. The van der Waals surface area contributed by atoms with Gasteiger partial charge in [-0.1, -0.05) is 6.07 Å². The minimum Gasteiger partial charge on any atom is -0.455 e. The predicted molar refractivity (Wildman–Crippen MR) is 118 cm³/mol. The third-order valence-electron chi connectivity index (χ3n) is 4.50. The number of hydrogen-bond donors (Lipinski definition) is 2. The number of anilines is 2. The van der Waals surface area contributed by atoms with Crippen LogP contribution in [0.5, 0.6) is 0 Å². The van der Waals surface area contributed by atoms with Gasteiger partial charge in [-0.3, -0.25) is 19.7 Å². The van der Waals surface area contributed by atoms with Crippen molar-refractivity contribution in [2.45, 2.75) is 18.7 Å². The zero-order chi connectivity index (χ0) is 24.1. The molecule has 0 saturated carbocycles. The summed E-state index contributed by atoms with van der Waals surface area (Å²) in [5, 5.41) is 13.8. The molecule has 32 heavy (non-hydrogen) atoms. The molecule has 0 aliphatic heterocycles. The minimum absolute atomic E-state index is 0.225. The molecule has 0 spiro atoms. The largest absolute Gasteiger partial charge is 0.455 e. The lowest BCUT2D eigenvalue weighted by Gasteiger charge is -2.14. The van der Waals surface area contributed by atoms with Crippen molar-refractivity contribution in [3.63, 3.8) is 0 Å². The second-order valence-electron chi connectivity index (χ2n) is 7.13. The highest BCUT2D eigenvalue weighted by Gasteiger charge is 2.23. The molecule has 0 aromatic heterocycles. The summed E-state index contributed by atoms with van der Waals surface area (Å²) in [5.41, 5.74) is 2.40. The Balaban J connectivity index is 1.94. The van der Waals surface area contributed by atoms with E-state index in [4.69, 9.17) is 4.74 Å². The maximum Gasteiger partial charge on any atom is 0.321 e. The highest BCUT2D eigenvalue weighted by Crippen LogP contribution is 2.29. The number of hydrogen-bond acceptors (Lipinski definition) is 8. The van der Waals surface area contributed by atoms with Gasteiger partial charge in [0.05, 0.1) is 9.82 Å². The molecule has 2 aromatic rings. The van der Waals surface area contributed by atoms with E-state index in [0.29, 0.717) is 5.69 Å². The second-order valence-corrected chi connectivity index (χ2v) is 8.90. The van der Waals surface area contributed by atoms with Crippen molar-refractivity contribution < 1.29 is 27.7 Å². The second kappa shape index (κ2) is 10.2. The van der Waals surface area contributed by atoms with E-state index in [1.165, 1.54) is 17.0 Å². The Bertz CT molecular complexity index is 1150. The Morgan fingerprint density at radius 2 is 1.78 bits per heavy atom. The van der Waals surface area contributed by atoms with E-state index in [1.54, 1.807) is 26.2 Å². The van der Waals surface area contributed by atoms with Crippen molar-refractivity contribution in [3.8, 4) is 0 Å². The van der Waals surface area contributed by atoms with Gasteiger partial charge in [-0.25, -0.2) is 8.42 Å². The van der Waals surface area contributed by atoms with E-state index in [-0.39, 0.29) is 10.6 Å². The van der Waals surface area contributed by atoms with Gasteiger partial charge in [0, 0.05) is 25.8 Å². The average Bonchev–Trinajstić information content (AvgIpc) is 2.73. The minimum atomic E-state index is -4.22. The number of rotatable bonds is 9. The van der Waals surface area contributed by atoms with E-state index in [9.17, 15) is 28.1 Å². The monoisotopic (exact) mass is 464 g/mol. The molecule has 0 atom stereocenters. The maximum absolute atomic E-state index is 12.4. The predicted octanol–water partition coefficient (Wildman–Crippen LogP) is 1.74. The van der Waals surface area contributed by atoms with E-state index >= 15 is 0 Å². The van der Waals surface area contributed by atoms with Crippen LogP contribution in [0.1, 0.15) is 11.1 Å². The molecule has 12 heteroatoms. The molecule has 11 nitrogen and oxygen atoms in total. The Labute approximate surface area is 185 Å². The molecule has 0 aliphatic rings. The van der Waals surface area contributed by atoms with Crippen LogP contribution in [0, 0.1) is 24.0 Å². The van der Waals surface area contributed by atoms with Gasteiger partial charge >= 0.3 is 5.97 Å². The molecular formula is C20H24N4O7S. The molecule has 172 valence electrons. The highest BCUT2D eigenvalue weighted by molar-refractivity contribution is 7.89. The Morgan fingerprint density at radius 3 is 2.38 bits per heavy atom. The van der Waals surface area contributed by atoms with E-state index in [0.717, 1.165) is 17.2 Å². The quantitative estimate of drug-likeness (QED) is 0.324. The molecule has 0 unspecified atom stereocenters. The van der Waals surface area contributed by atoms with Gasteiger partial charge < -0.3 is 15.0 Å². The standard InChI is InChI=1S/C20H24N4O7S/c1-13-5-6-15(9-14(13)2)22-19(25)12-31-20(26)11-21-32(29,30)16-7-8-17(23(3)4)18(10-16)24(27)28/h5-10,21H,11-12H2,1-4H3,(H,22,25). The number of esters is 1. The topological polar surface area (TPSA) is 148 Å². The van der Waals surface area contributed by atoms with Crippen LogP contribution in [0.25, 0.3) is 0 Å². The zero-order valence-electron chi connectivity index (χ0n) is 18.0. The number of ether oxygens (including phenoxy) is 1. The first kappa shape index (κ1) is 24.8. The summed E-state index contributed by atoms with van der Waals surface area (Å²) in [7, 11) is -1.06. The fourth-order valence-corrected chi connectivity index (χ4v) is 3.63. The summed E-state index contributed by atoms with van der Waals surface area (Å²) < 4.78 is 31.6. The Morgan fingerprint density at radius 1 is 1.09 bits per heavy atom. The summed E-state index contributed by atoms with van der Waals surface area (Å²) in [5.74, 6) is -1.57. The van der Waals surface area contributed by atoms with Gasteiger partial charge in [0.15, 0.2) is 6.61 Å². The molecule has 1 amide bonds.